The van der Waals surface area contributed by atoms with Crippen LogP contribution in [0.15, 0.2) is 29.5 Å². The number of carboxylic acids is 2. The Labute approximate surface area is 207 Å². The molecule has 1 aromatic heterocycles. The third-order valence-corrected chi connectivity index (χ3v) is 6.36. The number of likely N-dealkylation sites (N-methyl/N-ethyl adjacent to an activating group) is 1. The summed E-state index contributed by atoms with van der Waals surface area (Å²) >= 11 is 1.75. The fraction of sp³-hybridized carbons (Fsp3) is 0.571. The highest BCUT2D eigenvalue weighted by atomic mass is 32.1. The Morgan fingerprint density at radius 1 is 1.06 bits per heavy atom. The highest BCUT2D eigenvalue weighted by molar-refractivity contribution is 7.07. The minimum absolute atomic E-state index is 0.285. The number of halogens is 6. The third kappa shape index (κ3) is 9.09. The topological polar surface area (TPSA) is 101 Å². The normalized spacial score (nSPS) is 18.5. The van der Waals surface area contributed by atoms with Crippen LogP contribution in [0.25, 0.3) is 0 Å². The predicted octanol–water partition coefficient (Wildman–Crippen LogP) is 3.31. The zero-order valence-corrected chi connectivity index (χ0v) is 20.1. The first-order valence-electron chi connectivity index (χ1n) is 10.5. The van der Waals surface area contributed by atoms with E-state index in [0.717, 1.165) is 45.6 Å². The van der Waals surface area contributed by atoms with Gasteiger partial charge in [0, 0.05) is 39.3 Å². The minimum Gasteiger partial charge on any atom is -0.475 e. The monoisotopic (exact) mass is 547 g/mol. The second-order valence-electron chi connectivity index (χ2n) is 8.01. The molecule has 0 unspecified atom stereocenters. The number of carboxylic acid groups (broad SMARTS) is 2. The van der Waals surface area contributed by atoms with E-state index in [0.29, 0.717) is 12.5 Å². The molecular formula is C21H27F6N3O5S. The quantitative estimate of drug-likeness (QED) is 0.441. The van der Waals surface area contributed by atoms with Crippen LogP contribution in [0.5, 0.6) is 0 Å². The Hall–Kier alpha value is -2.65. The van der Waals surface area contributed by atoms with Crippen molar-refractivity contribution in [2.75, 3.05) is 39.8 Å². The number of hydrogen-bond donors (Lipinski definition) is 2. The highest BCUT2D eigenvalue weighted by Crippen LogP contribution is 2.33. The molecule has 1 amide bonds. The number of piperazine rings is 1. The SMILES string of the molecule is C=CCN1CCN(C)C2(CCN(Cc3ccsc3)CC2)C1=O.O=C(O)C(F)(F)F.O=C(O)C(F)(F)F. The molecule has 0 aromatic carbocycles. The number of amides is 1. The summed E-state index contributed by atoms with van der Waals surface area (Å²) in [5, 5.41) is 18.6. The number of hydrogen-bond acceptors (Lipinski definition) is 6. The van der Waals surface area contributed by atoms with Crippen molar-refractivity contribution in [2.24, 2.45) is 0 Å². The molecular weight excluding hydrogens is 520 g/mol. The van der Waals surface area contributed by atoms with Gasteiger partial charge < -0.3 is 15.1 Å². The zero-order valence-electron chi connectivity index (χ0n) is 19.3. The van der Waals surface area contributed by atoms with Crippen LogP contribution in [0.3, 0.4) is 0 Å². The Morgan fingerprint density at radius 2 is 1.56 bits per heavy atom. The maximum absolute atomic E-state index is 12.9. The standard InChI is InChI=1S/C17H25N3OS.2C2HF3O2/c1-3-7-20-11-10-18(2)17(16(20)21)5-8-19(9-6-17)13-15-4-12-22-14-15;2*3-2(4,5)1(6)7/h3-4,12,14H,1,5-11,13H2,2H3;2*(H,6,7). The van der Waals surface area contributed by atoms with Gasteiger partial charge in [0.25, 0.3) is 0 Å². The van der Waals surface area contributed by atoms with E-state index in [1.165, 1.54) is 5.56 Å². The summed E-state index contributed by atoms with van der Waals surface area (Å²) < 4.78 is 63.5. The number of carbonyl (C=O) groups excluding carboxylic acids is 1. The van der Waals surface area contributed by atoms with E-state index in [9.17, 15) is 31.1 Å². The van der Waals surface area contributed by atoms with Crippen LogP contribution >= 0.6 is 11.3 Å². The number of nitrogens with zero attached hydrogens (tertiary/aromatic N) is 3. The second kappa shape index (κ2) is 13.1. The number of carbonyl (C=O) groups is 3. The number of thiophene rings is 1. The van der Waals surface area contributed by atoms with Crippen molar-refractivity contribution in [3.05, 3.63) is 35.0 Å². The lowest BCUT2D eigenvalue weighted by molar-refractivity contribution is -0.193. The molecule has 1 spiro atoms. The smallest absolute Gasteiger partial charge is 0.475 e. The maximum atomic E-state index is 12.9. The number of alkyl halides is 6. The van der Waals surface area contributed by atoms with Crippen molar-refractivity contribution >= 4 is 29.2 Å². The van der Waals surface area contributed by atoms with Crippen molar-refractivity contribution < 1.29 is 50.9 Å². The highest BCUT2D eigenvalue weighted by Gasteiger charge is 2.48. The molecule has 15 heteroatoms. The average molecular weight is 548 g/mol. The summed E-state index contributed by atoms with van der Waals surface area (Å²) in [6.45, 7) is 9.23. The van der Waals surface area contributed by atoms with E-state index in [2.05, 4.69) is 40.3 Å². The van der Waals surface area contributed by atoms with Crippen molar-refractivity contribution in [1.29, 1.82) is 0 Å². The van der Waals surface area contributed by atoms with Gasteiger partial charge in [-0.15, -0.1) is 6.58 Å². The largest absolute Gasteiger partial charge is 0.490 e. The summed E-state index contributed by atoms with van der Waals surface area (Å²) in [6, 6.07) is 2.19. The van der Waals surface area contributed by atoms with Crippen LogP contribution in [0.2, 0.25) is 0 Å². The first-order chi connectivity index (χ1) is 16.5. The molecule has 36 heavy (non-hydrogen) atoms. The van der Waals surface area contributed by atoms with Crippen LogP contribution in [0.4, 0.5) is 26.3 Å². The van der Waals surface area contributed by atoms with Gasteiger partial charge in [0.05, 0.1) is 0 Å². The lowest BCUT2D eigenvalue weighted by Crippen LogP contribution is -2.67. The lowest BCUT2D eigenvalue weighted by Gasteiger charge is -2.51. The van der Waals surface area contributed by atoms with E-state index in [4.69, 9.17) is 19.8 Å². The minimum atomic E-state index is -5.08. The van der Waals surface area contributed by atoms with Crippen molar-refractivity contribution in [3.63, 3.8) is 0 Å². The van der Waals surface area contributed by atoms with Crippen LogP contribution < -0.4 is 0 Å². The molecule has 204 valence electrons. The molecule has 2 aliphatic heterocycles. The Balaban J connectivity index is 0.000000383. The van der Waals surface area contributed by atoms with Crippen LogP contribution in [-0.4, -0.2) is 100 Å². The van der Waals surface area contributed by atoms with E-state index in [1.807, 2.05) is 11.0 Å². The van der Waals surface area contributed by atoms with Crippen molar-refractivity contribution in [2.45, 2.75) is 37.3 Å². The van der Waals surface area contributed by atoms with Crippen LogP contribution in [0, 0.1) is 0 Å². The summed E-state index contributed by atoms with van der Waals surface area (Å²) in [5.41, 5.74) is 1.10. The number of aliphatic carboxylic acids is 2. The molecule has 2 N–H and O–H groups in total. The van der Waals surface area contributed by atoms with Gasteiger partial charge in [0.2, 0.25) is 5.91 Å². The Bertz CT molecular complexity index is 860. The molecule has 3 rings (SSSR count). The number of rotatable bonds is 4. The fourth-order valence-corrected chi connectivity index (χ4v) is 4.35. The van der Waals surface area contributed by atoms with Crippen LogP contribution in [-0.2, 0) is 20.9 Å². The van der Waals surface area contributed by atoms with Crippen LogP contribution in [0.1, 0.15) is 18.4 Å². The molecule has 0 atom stereocenters. The lowest BCUT2D eigenvalue weighted by atomic mass is 9.82. The van der Waals surface area contributed by atoms with E-state index in [1.54, 1.807) is 11.3 Å². The van der Waals surface area contributed by atoms with Crippen molar-refractivity contribution in [1.82, 2.24) is 14.7 Å². The molecule has 3 heterocycles. The molecule has 0 saturated carbocycles. The third-order valence-electron chi connectivity index (χ3n) is 5.63. The van der Waals surface area contributed by atoms with E-state index >= 15 is 0 Å². The predicted molar refractivity (Wildman–Crippen MR) is 118 cm³/mol. The summed E-state index contributed by atoms with van der Waals surface area (Å²) in [7, 11) is 2.11. The van der Waals surface area contributed by atoms with Gasteiger partial charge >= 0.3 is 24.3 Å². The van der Waals surface area contributed by atoms with Gasteiger partial charge in [0.1, 0.15) is 5.54 Å². The first kappa shape index (κ1) is 31.4. The fourth-order valence-electron chi connectivity index (χ4n) is 3.69. The van der Waals surface area contributed by atoms with Gasteiger partial charge in [-0.1, -0.05) is 6.08 Å². The van der Waals surface area contributed by atoms with E-state index in [-0.39, 0.29) is 5.54 Å². The van der Waals surface area contributed by atoms with Gasteiger partial charge in [-0.25, -0.2) is 9.59 Å². The molecule has 8 nitrogen and oxygen atoms in total. The molecule has 0 bridgehead atoms. The Kier molecular flexibility index (Phi) is 11.4. The first-order valence-corrected chi connectivity index (χ1v) is 11.4. The summed E-state index contributed by atoms with van der Waals surface area (Å²) in [5.74, 6) is -5.21. The van der Waals surface area contributed by atoms with Gasteiger partial charge in [-0.05, 0) is 42.3 Å². The van der Waals surface area contributed by atoms with Gasteiger partial charge in [-0.2, -0.15) is 37.7 Å². The maximum Gasteiger partial charge on any atom is 0.490 e. The molecule has 0 aliphatic carbocycles. The average Bonchev–Trinajstić information content (AvgIpc) is 3.28. The molecule has 2 aliphatic rings. The van der Waals surface area contributed by atoms with Gasteiger partial charge in [-0.3, -0.25) is 14.6 Å². The number of likely N-dealkylation sites (tertiary alicyclic amines) is 1. The number of piperidine rings is 1. The van der Waals surface area contributed by atoms with E-state index < -0.39 is 24.3 Å². The second-order valence-corrected chi connectivity index (χ2v) is 8.79. The molecule has 0 radical (unpaired) electrons. The molecule has 2 saturated heterocycles. The zero-order chi connectivity index (χ0) is 27.7. The summed E-state index contributed by atoms with van der Waals surface area (Å²) in [4.78, 5) is 37.5. The summed E-state index contributed by atoms with van der Waals surface area (Å²) in [6.07, 6.45) is -6.47. The molecule has 1 aromatic rings. The van der Waals surface area contributed by atoms with Crippen molar-refractivity contribution in [3.8, 4) is 0 Å². The van der Waals surface area contributed by atoms with Gasteiger partial charge in [0.15, 0.2) is 0 Å². The molecule has 2 fully saturated rings. The Morgan fingerprint density at radius 3 is 1.94 bits per heavy atom.